The summed E-state index contributed by atoms with van der Waals surface area (Å²) in [7, 11) is 0. The lowest BCUT2D eigenvalue weighted by Gasteiger charge is -2.13. The molecule has 0 aliphatic rings. The van der Waals surface area contributed by atoms with Crippen molar-refractivity contribution in [2.75, 3.05) is 0 Å². The molecule has 4 aromatic heterocycles. The average Bonchev–Trinajstić information content (AvgIpc) is 3.92. The van der Waals surface area contributed by atoms with Gasteiger partial charge >= 0.3 is 0 Å². The lowest BCUT2D eigenvalue weighted by Crippen LogP contribution is -2.00. The van der Waals surface area contributed by atoms with Crippen LogP contribution in [0.15, 0.2) is 215 Å². The van der Waals surface area contributed by atoms with Gasteiger partial charge in [-0.3, -0.25) is 4.98 Å². The monoisotopic (exact) mass is 794 g/mol. The number of hydrogen-bond acceptors (Lipinski definition) is 6. The van der Waals surface area contributed by atoms with Crippen molar-refractivity contribution >= 4 is 43.9 Å². The van der Waals surface area contributed by atoms with Crippen LogP contribution in [0.25, 0.3) is 123 Å². The van der Waals surface area contributed by atoms with Crippen molar-refractivity contribution < 1.29 is 8.83 Å². The highest BCUT2D eigenvalue weighted by Gasteiger charge is 2.17. The van der Waals surface area contributed by atoms with Crippen molar-refractivity contribution in [1.29, 1.82) is 0 Å². The van der Waals surface area contributed by atoms with Crippen LogP contribution >= 0.6 is 0 Å². The zero-order valence-corrected chi connectivity index (χ0v) is 33.2. The maximum atomic E-state index is 6.23. The molecule has 8 aromatic carbocycles. The van der Waals surface area contributed by atoms with E-state index in [1.165, 1.54) is 0 Å². The second-order valence-electron chi connectivity index (χ2n) is 15.5. The van der Waals surface area contributed by atoms with Crippen molar-refractivity contribution in [3.05, 3.63) is 207 Å². The van der Waals surface area contributed by atoms with E-state index in [1.54, 1.807) is 6.20 Å². The smallest absolute Gasteiger partial charge is 0.164 e. The number of hydrogen-bond donors (Lipinski definition) is 0. The van der Waals surface area contributed by atoms with Crippen molar-refractivity contribution in [2.45, 2.75) is 0 Å². The molecule has 12 rings (SSSR count). The number of furan rings is 2. The molecule has 12 aromatic rings. The van der Waals surface area contributed by atoms with Crippen LogP contribution in [0.2, 0.25) is 0 Å². The van der Waals surface area contributed by atoms with Gasteiger partial charge in [-0.15, -0.1) is 0 Å². The fourth-order valence-corrected chi connectivity index (χ4v) is 8.45. The summed E-state index contributed by atoms with van der Waals surface area (Å²) in [4.78, 5) is 19.9. The first-order chi connectivity index (χ1) is 30.7. The highest BCUT2D eigenvalue weighted by Crippen LogP contribution is 2.39. The SMILES string of the molecule is c1ccc(-c2ccc(-c3nc(-c4ccc(-c5cccnc5)cc4)nc(-c4cc(-c5ccc6oc7ccccc7c6c5)cc(-c5ccc6oc7ccccc7c6c5)c4)n3)cc2)cc1. The number of rotatable bonds is 7. The van der Waals surface area contributed by atoms with Gasteiger partial charge in [0.1, 0.15) is 22.3 Å². The normalized spacial score (nSPS) is 11.5. The van der Waals surface area contributed by atoms with Gasteiger partial charge in [0.25, 0.3) is 0 Å². The molecule has 290 valence electrons. The van der Waals surface area contributed by atoms with Crippen LogP contribution in [-0.4, -0.2) is 19.9 Å². The summed E-state index contributed by atoms with van der Waals surface area (Å²) in [6.45, 7) is 0. The average molecular weight is 795 g/mol. The number of aromatic nitrogens is 4. The van der Waals surface area contributed by atoms with E-state index in [2.05, 4.69) is 163 Å². The van der Waals surface area contributed by atoms with E-state index in [0.29, 0.717) is 17.5 Å². The lowest BCUT2D eigenvalue weighted by atomic mass is 9.94. The molecule has 0 amide bonds. The van der Waals surface area contributed by atoms with E-state index in [1.807, 2.05) is 42.6 Å². The van der Waals surface area contributed by atoms with Gasteiger partial charge < -0.3 is 8.83 Å². The summed E-state index contributed by atoms with van der Waals surface area (Å²) >= 11 is 0. The molecule has 0 aliphatic heterocycles. The number of fused-ring (bicyclic) bond motifs is 6. The quantitative estimate of drug-likeness (QED) is 0.160. The Morgan fingerprint density at radius 2 is 0.661 bits per heavy atom. The minimum absolute atomic E-state index is 0.571. The third-order valence-corrected chi connectivity index (χ3v) is 11.6. The lowest BCUT2D eigenvalue weighted by molar-refractivity contribution is 0.668. The topological polar surface area (TPSA) is 77.8 Å². The fourth-order valence-electron chi connectivity index (χ4n) is 8.45. The zero-order valence-electron chi connectivity index (χ0n) is 33.2. The van der Waals surface area contributed by atoms with Crippen molar-refractivity contribution in [1.82, 2.24) is 19.9 Å². The molecule has 0 aliphatic carbocycles. The van der Waals surface area contributed by atoms with E-state index < -0.39 is 0 Å². The van der Waals surface area contributed by atoms with Crippen molar-refractivity contribution in [2.24, 2.45) is 0 Å². The van der Waals surface area contributed by atoms with E-state index in [4.69, 9.17) is 23.8 Å². The molecular formula is C56H34N4O2. The fraction of sp³-hybridized carbons (Fsp3) is 0. The molecule has 6 heteroatoms. The van der Waals surface area contributed by atoms with Crippen LogP contribution < -0.4 is 0 Å². The van der Waals surface area contributed by atoms with Gasteiger partial charge in [0, 0.05) is 50.6 Å². The molecule has 0 fully saturated rings. The summed E-state index contributed by atoms with van der Waals surface area (Å²) in [5, 5.41) is 4.29. The molecule has 0 bridgehead atoms. The minimum Gasteiger partial charge on any atom is -0.456 e. The van der Waals surface area contributed by atoms with Gasteiger partial charge in [-0.1, -0.05) is 133 Å². The number of benzene rings is 8. The maximum absolute atomic E-state index is 6.23. The van der Waals surface area contributed by atoms with Gasteiger partial charge in [-0.05, 0) is 105 Å². The third kappa shape index (κ3) is 6.38. The second-order valence-corrected chi connectivity index (χ2v) is 15.5. The third-order valence-electron chi connectivity index (χ3n) is 11.6. The van der Waals surface area contributed by atoms with Crippen LogP contribution in [0.3, 0.4) is 0 Å². The Hall–Kier alpha value is -8.48. The molecule has 0 atom stereocenters. The Kier molecular flexibility index (Phi) is 8.38. The second kappa shape index (κ2) is 14.7. The molecule has 0 spiro atoms. The van der Waals surface area contributed by atoms with E-state index in [-0.39, 0.29) is 0 Å². The Morgan fingerprint density at radius 1 is 0.258 bits per heavy atom. The first-order valence-corrected chi connectivity index (χ1v) is 20.6. The van der Waals surface area contributed by atoms with Crippen LogP contribution in [0.1, 0.15) is 0 Å². The molecule has 62 heavy (non-hydrogen) atoms. The van der Waals surface area contributed by atoms with Crippen molar-refractivity contribution in [3.8, 4) is 78.7 Å². The predicted molar refractivity (Wildman–Crippen MR) is 250 cm³/mol. The van der Waals surface area contributed by atoms with Gasteiger partial charge in [-0.2, -0.15) is 0 Å². The predicted octanol–water partition coefficient (Wildman–Crippen LogP) is 14.7. The van der Waals surface area contributed by atoms with Crippen LogP contribution in [0, 0.1) is 0 Å². The van der Waals surface area contributed by atoms with Gasteiger partial charge in [0.15, 0.2) is 17.5 Å². The van der Waals surface area contributed by atoms with E-state index in [9.17, 15) is 0 Å². The Morgan fingerprint density at radius 3 is 1.19 bits per heavy atom. The molecule has 0 saturated heterocycles. The minimum atomic E-state index is 0.571. The Labute approximate surface area is 356 Å². The summed E-state index contributed by atoms with van der Waals surface area (Å²) < 4.78 is 12.5. The number of pyridine rings is 1. The largest absolute Gasteiger partial charge is 0.456 e. The first kappa shape index (κ1) is 35.5. The van der Waals surface area contributed by atoms with Crippen LogP contribution in [-0.2, 0) is 0 Å². The summed E-state index contributed by atoms with van der Waals surface area (Å²) in [6.07, 6.45) is 3.66. The first-order valence-electron chi connectivity index (χ1n) is 20.6. The highest BCUT2D eigenvalue weighted by molar-refractivity contribution is 6.07. The van der Waals surface area contributed by atoms with E-state index in [0.717, 1.165) is 105 Å². The van der Waals surface area contributed by atoms with Crippen LogP contribution in [0.4, 0.5) is 0 Å². The molecule has 6 nitrogen and oxygen atoms in total. The summed E-state index contributed by atoms with van der Waals surface area (Å²) in [5.41, 5.74) is 14.6. The van der Waals surface area contributed by atoms with Gasteiger partial charge in [0.05, 0.1) is 0 Å². The molecule has 4 heterocycles. The molecular weight excluding hydrogens is 761 g/mol. The molecule has 0 N–H and O–H groups in total. The van der Waals surface area contributed by atoms with E-state index >= 15 is 0 Å². The van der Waals surface area contributed by atoms with Gasteiger partial charge in [0.2, 0.25) is 0 Å². The van der Waals surface area contributed by atoms with Crippen LogP contribution in [0.5, 0.6) is 0 Å². The molecule has 0 radical (unpaired) electrons. The zero-order chi connectivity index (χ0) is 41.0. The number of nitrogens with zero attached hydrogens (tertiary/aromatic N) is 4. The summed E-state index contributed by atoms with van der Waals surface area (Å²) in [5.74, 6) is 1.74. The number of para-hydroxylation sites is 2. The van der Waals surface area contributed by atoms with Gasteiger partial charge in [-0.25, -0.2) is 15.0 Å². The Bertz CT molecular complexity index is 3380. The maximum Gasteiger partial charge on any atom is 0.164 e. The standard InChI is InChI=1S/C56H34N4O2/c1-2-9-35(10-3-1)36-16-20-38(21-17-36)54-58-55(39-22-18-37(19-23-39)42-11-8-28-57-34-42)60-56(59-54)45-30-43(40-24-26-52-48(32-40)46-12-4-6-14-50(46)61-52)29-44(31-45)41-25-27-53-49(33-41)47-13-5-7-15-51(47)62-53/h1-34H. The highest BCUT2D eigenvalue weighted by atomic mass is 16.3. The summed E-state index contributed by atoms with van der Waals surface area (Å²) in [6, 6.07) is 67.0. The Balaban J connectivity index is 1.05. The molecule has 0 unspecified atom stereocenters. The molecule has 0 saturated carbocycles. The van der Waals surface area contributed by atoms with Crippen molar-refractivity contribution in [3.63, 3.8) is 0 Å².